The second-order valence-corrected chi connectivity index (χ2v) is 7.03. The van der Waals surface area contributed by atoms with Crippen molar-refractivity contribution in [2.24, 2.45) is 0 Å². The van der Waals surface area contributed by atoms with Gasteiger partial charge in [-0.05, 0) is 48.0 Å². The van der Waals surface area contributed by atoms with Crippen molar-refractivity contribution in [1.29, 1.82) is 0 Å². The molecular formula is C23H16ClF2N3O2. The van der Waals surface area contributed by atoms with Crippen LogP contribution in [0.1, 0.15) is 16.1 Å². The number of halogens is 3. The predicted octanol–water partition coefficient (Wildman–Crippen LogP) is 5.64. The molecule has 0 bridgehead atoms. The Bertz CT molecular complexity index is 1210. The summed E-state index contributed by atoms with van der Waals surface area (Å²) in [6.07, 6.45) is 1.54. The minimum Gasteiger partial charge on any atom is -0.485 e. The zero-order chi connectivity index (χ0) is 21.8. The van der Waals surface area contributed by atoms with Gasteiger partial charge in [0, 0.05) is 5.69 Å². The topological polar surface area (TPSA) is 56.2 Å². The molecule has 4 rings (SSSR count). The number of anilines is 1. The molecule has 1 heterocycles. The lowest BCUT2D eigenvalue weighted by molar-refractivity contribution is 0.101. The molecule has 0 fully saturated rings. The highest BCUT2D eigenvalue weighted by Crippen LogP contribution is 2.24. The molecule has 3 aromatic carbocycles. The fourth-order valence-electron chi connectivity index (χ4n) is 2.85. The third kappa shape index (κ3) is 4.90. The van der Waals surface area contributed by atoms with Crippen molar-refractivity contribution in [3.63, 3.8) is 0 Å². The number of hydrogen-bond donors (Lipinski definition) is 1. The molecule has 1 amide bonds. The smallest absolute Gasteiger partial charge is 0.280 e. The summed E-state index contributed by atoms with van der Waals surface area (Å²) in [4.78, 5) is 12.9. The van der Waals surface area contributed by atoms with E-state index in [4.69, 9.17) is 16.3 Å². The lowest BCUT2D eigenvalue weighted by Crippen LogP contribution is -2.14. The zero-order valence-corrected chi connectivity index (χ0v) is 16.8. The average molecular weight is 440 g/mol. The Morgan fingerprint density at radius 1 is 1.03 bits per heavy atom. The number of ether oxygens (including phenoxy) is 1. The molecule has 0 unspecified atom stereocenters. The number of aromatic nitrogens is 2. The van der Waals surface area contributed by atoms with E-state index in [0.717, 1.165) is 11.6 Å². The minimum absolute atomic E-state index is 0.0145. The Hall–Kier alpha value is -3.71. The number of carbonyl (C=O) groups excluding carboxylic acids is 1. The standard InChI is InChI=1S/C23H16ClF2N3O2/c24-19-12-17(8-11-20(19)26)27-23(30)22-21(31-14-15-4-2-1-3-5-15)13-29(28-22)18-9-6-16(25)7-10-18/h1-13H,14H2,(H,27,30). The average Bonchev–Trinajstić information content (AvgIpc) is 3.20. The second-order valence-electron chi connectivity index (χ2n) is 6.62. The first-order valence-electron chi connectivity index (χ1n) is 9.28. The van der Waals surface area contributed by atoms with Crippen molar-refractivity contribution in [2.45, 2.75) is 6.61 Å². The quantitative estimate of drug-likeness (QED) is 0.423. The third-order valence-electron chi connectivity index (χ3n) is 4.40. The van der Waals surface area contributed by atoms with Gasteiger partial charge < -0.3 is 10.1 Å². The molecule has 156 valence electrons. The van der Waals surface area contributed by atoms with E-state index in [0.29, 0.717) is 11.4 Å². The number of nitrogens with zero attached hydrogens (tertiary/aromatic N) is 2. The van der Waals surface area contributed by atoms with Crippen LogP contribution in [0.5, 0.6) is 5.75 Å². The van der Waals surface area contributed by atoms with Crippen molar-refractivity contribution in [2.75, 3.05) is 5.32 Å². The van der Waals surface area contributed by atoms with Crippen molar-refractivity contribution in [1.82, 2.24) is 9.78 Å². The van der Waals surface area contributed by atoms with Crippen LogP contribution in [0.3, 0.4) is 0 Å². The van der Waals surface area contributed by atoms with Gasteiger partial charge in [0.25, 0.3) is 5.91 Å². The molecule has 0 saturated carbocycles. The maximum Gasteiger partial charge on any atom is 0.280 e. The highest BCUT2D eigenvalue weighted by atomic mass is 35.5. The molecule has 8 heteroatoms. The number of rotatable bonds is 6. The van der Waals surface area contributed by atoms with E-state index in [1.54, 1.807) is 6.20 Å². The predicted molar refractivity (Wildman–Crippen MR) is 114 cm³/mol. The Kier molecular flexibility index (Phi) is 5.95. The summed E-state index contributed by atoms with van der Waals surface area (Å²) in [5.41, 5.74) is 1.78. The van der Waals surface area contributed by atoms with E-state index in [2.05, 4.69) is 10.4 Å². The van der Waals surface area contributed by atoms with Crippen LogP contribution in [0.4, 0.5) is 14.5 Å². The van der Waals surface area contributed by atoms with Gasteiger partial charge in [0.15, 0.2) is 11.4 Å². The van der Waals surface area contributed by atoms with E-state index >= 15 is 0 Å². The number of amides is 1. The van der Waals surface area contributed by atoms with E-state index in [9.17, 15) is 13.6 Å². The molecule has 0 atom stereocenters. The van der Waals surface area contributed by atoms with Gasteiger partial charge in [0.05, 0.1) is 16.9 Å². The molecule has 0 saturated heterocycles. The van der Waals surface area contributed by atoms with Gasteiger partial charge in [-0.15, -0.1) is 0 Å². The van der Waals surface area contributed by atoms with Gasteiger partial charge in [0.2, 0.25) is 0 Å². The van der Waals surface area contributed by atoms with Crippen LogP contribution in [-0.2, 0) is 6.61 Å². The van der Waals surface area contributed by atoms with Crippen LogP contribution in [0.15, 0.2) is 79.0 Å². The maximum absolute atomic E-state index is 13.4. The highest BCUT2D eigenvalue weighted by molar-refractivity contribution is 6.31. The van der Waals surface area contributed by atoms with Gasteiger partial charge in [0.1, 0.15) is 18.2 Å². The number of hydrogen-bond acceptors (Lipinski definition) is 3. The van der Waals surface area contributed by atoms with Crippen LogP contribution < -0.4 is 10.1 Å². The Labute approximate surface area is 181 Å². The first-order valence-corrected chi connectivity index (χ1v) is 9.66. The summed E-state index contributed by atoms with van der Waals surface area (Å²) in [7, 11) is 0. The second kappa shape index (κ2) is 8.97. The Balaban J connectivity index is 1.63. The lowest BCUT2D eigenvalue weighted by Gasteiger charge is -2.07. The van der Waals surface area contributed by atoms with Crippen LogP contribution in [0, 0.1) is 11.6 Å². The normalized spacial score (nSPS) is 10.7. The highest BCUT2D eigenvalue weighted by Gasteiger charge is 2.20. The summed E-state index contributed by atoms with van der Waals surface area (Å²) in [5.74, 6) is -1.31. The number of nitrogens with one attached hydrogen (secondary N) is 1. The lowest BCUT2D eigenvalue weighted by atomic mass is 10.2. The molecule has 0 spiro atoms. The summed E-state index contributed by atoms with van der Waals surface area (Å²) < 4.78 is 33.9. The molecule has 5 nitrogen and oxygen atoms in total. The zero-order valence-electron chi connectivity index (χ0n) is 16.1. The number of benzene rings is 3. The van der Waals surface area contributed by atoms with Crippen molar-refractivity contribution < 1.29 is 18.3 Å². The largest absolute Gasteiger partial charge is 0.485 e. The van der Waals surface area contributed by atoms with E-state index in [1.807, 2.05) is 30.3 Å². The van der Waals surface area contributed by atoms with Gasteiger partial charge in [-0.25, -0.2) is 13.5 Å². The molecule has 1 aromatic heterocycles. The van der Waals surface area contributed by atoms with Crippen molar-refractivity contribution in [3.05, 3.63) is 107 Å². The number of carbonyl (C=O) groups is 1. The van der Waals surface area contributed by atoms with Gasteiger partial charge in [-0.3, -0.25) is 4.79 Å². The van der Waals surface area contributed by atoms with Crippen molar-refractivity contribution >= 4 is 23.2 Å². The van der Waals surface area contributed by atoms with Crippen molar-refractivity contribution in [3.8, 4) is 11.4 Å². The Morgan fingerprint density at radius 3 is 2.48 bits per heavy atom. The van der Waals surface area contributed by atoms with Crippen LogP contribution in [-0.4, -0.2) is 15.7 Å². The van der Waals surface area contributed by atoms with Crippen LogP contribution >= 0.6 is 11.6 Å². The first kappa shape index (κ1) is 20.6. The summed E-state index contributed by atoms with van der Waals surface area (Å²) in [6.45, 7) is 0.221. The third-order valence-corrected chi connectivity index (χ3v) is 4.69. The molecule has 4 aromatic rings. The SMILES string of the molecule is O=C(Nc1ccc(F)c(Cl)c1)c1nn(-c2ccc(F)cc2)cc1OCc1ccccc1. The van der Waals surface area contributed by atoms with E-state index in [1.165, 1.54) is 41.1 Å². The van der Waals surface area contributed by atoms with Gasteiger partial charge >= 0.3 is 0 Å². The van der Waals surface area contributed by atoms with Gasteiger partial charge in [-0.1, -0.05) is 41.9 Å². The summed E-state index contributed by atoms with van der Waals surface area (Å²) in [6, 6.07) is 18.9. The molecule has 31 heavy (non-hydrogen) atoms. The van der Waals surface area contributed by atoms with E-state index in [-0.39, 0.29) is 28.9 Å². The summed E-state index contributed by atoms with van der Waals surface area (Å²) in [5, 5.41) is 6.83. The molecule has 0 aliphatic heterocycles. The monoisotopic (exact) mass is 439 g/mol. The van der Waals surface area contributed by atoms with E-state index < -0.39 is 11.7 Å². The van der Waals surface area contributed by atoms with Crippen LogP contribution in [0.2, 0.25) is 5.02 Å². The molecule has 0 aliphatic carbocycles. The van der Waals surface area contributed by atoms with Crippen LogP contribution in [0.25, 0.3) is 5.69 Å². The molecule has 0 radical (unpaired) electrons. The maximum atomic E-state index is 13.4. The molecule has 0 aliphatic rings. The summed E-state index contributed by atoms with van der Waals surface area (Å²) >= 11 is 5.79. The fourth-order valence-corrected chi connectivity index (χ4v) is 3.03. The Morgan fingerprint density at radius 2 is 1.77 bits per heavy atom. The minimum atomic E-state index is -0.591. The first-order chi connectivity index (χ1) is 15.0. The fraction of sp³-hybridized carbons (Fsp3) is 0.0435. The van der Waals surface area contributed by atoms with Gasteiger partial charge in [-0.2, -0.15) is 5.10 Å². The molecule has 1 N–H and O–H groups in total. The molecular weight excluding hydrogens is 424 g/mol.